The summed E-state index contributed by atoms with van der Waals surface area (Å²) in [7, 11) is 0. The van der Waals surface area contributed by atoms with Gasteiger partial charge in [0.05, 0.1) is 12.2 Å². The van der Waals surface area contributed by atoms with Gasteiger partial charge in [0.2, 0.25) is 0 Å². The molecule has 1 aromatic rings. The third-order valence-corrected chi connectivity index (χ3v) is 4.19. The van der Waals surface area contributed by atoms with Crippen LogP contribution in [0.5, 0.6) is 0 Å². The maximum atomic E-state index is 12.6. The highest BCUT2D eigenvalue weighted by atomic mass is 19.4. The van der Waals surface area contributed by atoms with Crippen LogP contribution in [0.25, 0.3) is 0 Å². The van der Waals surface area contributed by atoms with Crippen molar-refractivity contribution in [3.8, 4) is 0 Å². The standard InChI is InChI=1S/C19H25F3O4/c1-5-18(6-2,16(23)25-11-13(3)4)17(24)26-12-14-7-9-15(10-8-14)19(20,21)22/h7-10,13H,5-6,11-12H2,1-4H3. The molecule has 0 heterocycles. The van der Waals surface area contributed by atoms with Gasteiger partial charge in [-0.1, -0.05) is 39.8 Å². The molecule has 1 aromatic carbocycles. The predicted octanol–water partition coefficient (Wildman–Crippen LogP) is 4.75. The van der Waals surface area contributed by atoms with Crippen molar-refractivity contribution in [2.45, 2.75) is 53.3 Å². The second-order valence-electron chi connectivity index (χ2n) is 6.55. The van der Waals surface area contributed by atoms with Gasteiger partial charge in [0.15, 0.2) is 5.41 Å². The lowest BCUT2D eigenvalue weighted by Gasteiger charge is -2.27. The number of ether oxygens (including phenoxy) is 2. The summed E-state index contributed by atoms with van der Waals surface area (Å²) in [5.74, 6) is -1.22. The number of benzene rings is 1. The summed E-state index contributed by atoms with van der Waals surface area (Å²) in [5, 5.41) is 0. The Labute approximate surface area is 151 Å². The average molecular weight is 374 g/mol. The molecule has 0 aromatic heterocycles. The number of halogens is 3. The summed E-state index contributed by atoms with van der Waals surface area (Å²) in [6.07, 6.45) is -3.99. The van der Waals surface area contributed by atoms with Gasteiger partial charge in [-0.25, -0.2) is 0 Å². The van der Waals surface area contributed by atoms with Crippen molar-refractivity contribution in [3.05, 3.63) is 35.4 Å². The van der Waals surface area contributed by atoms with Crippen molar-refractivity contribution in [1.29, 1.82) is 0 Å². The summed E-state index contributed by atoms with van der Waals surface area (Å²) < 4.78 is 48.1. The topological polar surface area (TPSA) is 52.6 Å². The molecule has 0 aliphatic rings. The fourth-order valence-electron chi connectivity index (χ4n) is 2.37. The molecule has 0 fully saturated rings. The molecule has 0 bridgehead atoms. The van der Waals surface area contributed by atoms with Crippen LogP contribution in [0.4, 0.5) is 13.2 Å². The molecule has 0 amide bonds. The highest BCUT2D eigenvalue weighted by Gasteiger charge is 2.46. The minimum atomic E-state index is -4.42. The summed E-state index contributed by atoms with van der Waals surface area (Å²) in [4.78, 5) is 24.9. The zero-order chi connectivity index (χ0) is 20.0. The van der Waals surface area contributed by atoms with Crippen LogP contribution in [0.2, 0.25) is 0 Å². The van der Waals surface area contributed by atoms with Gasteiger partial charge in [-0.05, 0) is 36.5 Å². The monoisotopic (exact) mass is 374 g/mol. The van der Waals surface area contributed by atoms with E-state index in [9.17, 15) is 22.8 Å². The van der Waals surface area contributed by atoms with Crippen molar-refractivity contribution in [2.75, 3.05) is 6.61 Å². The van der Waals surface area contributed by atoms with Crippen molar-refractivity contribution in [2.24, 2.45) is 11.3 Å². The Hall–Kier alpha value is -2.05. The maximum Gasteiger partial charge on any atom is 0.416 e. The fraction of sp³-hybridized carbons (Fsp3) is 0.579. The van der Waals surface area contributed by atoms with E-state index in [-0.39, 0.29) is 32.0 Å². The SMILES string of the molecule is CCC(CC)(C(=O)OCc1ccc(C(F)(F)F)cc1)C(=O)OCC(C)C. The first-order valence-electron chi connectivity index (χ1n) is 8.57. The second-order valence-corrected chi connectivity index (χ2v) is 6.55. The van der Waals surface area contributed by atoms with Crippen LogP contribution >= 0.6 is 0 Å². The van der Waals surface area contributed by atoms with Gasteiger partial charge in [0.1, 0.15) is 6.61 Å². The lowest BCUT2D eigenvalue weighted by Crippen LogP contribution is -2.41. The lowest BCUT2D eigenvalue weighted by molar-refractivity contribution is -0.174. The largest absolute Gasteiger partial charge is 0.465 e. The Bertz CT molecular complexity index is 602. The van der Waals surface area contributed by atoms with Crippen molar-refractivity contribution in [1.82, 2.24) is 0 Å². The third kappa shape index (κ3) is 5.47. The summed E-state index contributed by atoms with van der Waals surface area (Å²) >= 11 is 0. The average Bonchev–Trinajstić information content (AvgIpc) is 2.59. The van der Waals surface area contributed by atoms with Crippen molar-refractivity contribution < 1.29 is 32.2 Å². The molecular weight excluding hydrogens is 349 g/mol. The van der Waals surface area contributed by atoms with E-state index in [4.69, 9.17) is 9.47 Å². The number of carbonyl (C=O) groups is 2. The Morgan fingerprint density at radius 1 is 0.962 bits per heavy atom. The normalized spacial score (nSPS) is 12.2. The molecule has 0 unspecified atom stereocenters. The molecular formula is C19H25F3O4. The Balaban J connectivity index is 2.80. The molecule has 0 aliphatic heterocycles. The second kappa shape index (κ2) is 9.05. The molecule has 0 atom stereocenters. The van der Waals surface area contributed by atoms with Crippen molar-refractivity contribution >= 4 is 11.9 Å². The zero-order valence-electron chi connectivity index (χ0n) is 15.5. The highest BCUT2D eigenvalue weighted by Crippen LogP contribution is 2.31. The minimum absolute atomic E-state index is 0.133. The molecule has 0 aliphatic carbocycles. The summed E-state index contributed by atoms with van der Waals surface area (Å²) in [6, 6.07) is 4.33. The van der Waals surface area contributed by atoms with Gasteiger partial charge in [-0.2, -0.15) is 13.2 Å². The number of alkyl halides is 3. The van der Waals surface area contributed by atoms with Crippen LogP contribution in [-0.4, -0.2) is 18.5 Å². The quantitative estimate of drug-likeness (QED) is 0.487. The van der Waals surface area contributed by atoms with E-state index in [2.05, 4.69) is 0 Å². The van der Waals surface area contributed by atoms with E-state index in [1.165, 1.54) is 12.1 Å². The molecule has 0 saturated carbocycles. The van der Waals surface area contributed by atoms with E-state index < -0.39 is 29.1 Å². The number of hydrogen-bond donors (Lipinski definition) is 0. The molecule has 146 valence electrons. The number of carbonyl (C=O) groups excluding carboxylic acids is 2. The van der Waals surface area contributed by atoms with Crippen LogP contribution in [0.15, 0.2) is 24.3 Å². The smallest absolute Gasteiger partial charge is 0.416 e. The number of hydrogen-bond acceptors (Lipinski definition) is 4. The fourth-order valence-corrected chi connectivity index (χ4v) is 2.37. The Kier molecular flexibility index (Phi) is 7.66. The van der Waals surface area contributed by atoms with Crippen LogP contribution in [0.1, 0.15) is 51.7 Å². The van der Waals surface area contributed by atoms with E-state index in [0.29, 0.717) is 5.56 Å². The van der Waals surface area contributed by atoms with Gasteiger partial charge in [0, 0.05) is 0 Å². The number of esters is 2. The minimum Gasteiger partial charge on any atom is -0.465 e. The van der Waals surface area contributed by atoms with Crippen LogP contribution in [-0.2, 0) is 31.8 Å². The van der Waals surface area contributed by atoms with Crippen LogP contribution < -0.4 is 0 Å². The molecule has 0 radical (unpaired) electrons. The van der Waals surface area contributed by atoms with Gasteiger partial charge in [-0.3, -0.25) is 9.59 Å². The van der Waals surface area contributed by atoms with Gasteiger partial charge in [-0.15, -0.1) is 0 Å². The van der Waals surface area contributed by atoms with E-state index in [1.807, 2.05) is 13.8 Å². The molecule has 4 nitrogen and oxygen atoms in total. The maximum absolute atomic E-state index is 12.6. The van der Waals surface area contributed by atoms with Crippen LogP contribution in [0, 0.1) is 11.3 Å². The summed E-state index contributed by atoms with van der Waals surface area (Å²) in [6.45, 7) is 7.15. The zero-order valence-corrected chi connectivity index (χ0v) is 15.5. The van der Waals surface area contributed by atoms with Crippen LogP contribution in [0.3, 0.4) is 0 Å². The molecule has 26 heavy (non-hydrogen) atoms. The third-order valence-electron chi connectivity index (χ3n) is 4.19. The highest BCUT2D eigenvalue weighted by molar-refractivity contribution is 6.00. The predicted molar refractivity (Wildman–Crippen MR) is 90.1 cm³/mol. The first kappa shape index (κ1) is 22.0. The van der Waals surface area contributed by atoms with E-state index in [0.717, 1.165) is 12.1 Å². The first-order chi connectivity index (χ1) is 12.1. The van der Waals surface area contributed by atoms with E-state index >= 15 is 0 Å². The van der Waals surface area contributed by atoms with E-state index in [1.54, 1.807) is 13.8 Å². The summed E-state index contributed by atoms with van der Waals surface area (Å²) in [5.41, 5.74) is -1.77. The first-order valence-corrected chi connectivity index (χ1v) is 8.57. The van der Waals surface area contributed by atoms with Gasteiger partial charge < -0.3 is 9.47 Å². The lowest BCUT2D eigenvalue weighted by atomic mass is 9.82. The molecule has 1 rings (SSSR count). The van der Waals surface area contributed by atoms with Gasteiger partial charge in [0.25, 0.3) is 0 Å². The van der Waals surface area contributed by atoms with Gasteiger partial charge >= 0.3 is 18.1 Å². The molecule has 0 N–H and O–H groups in total. The molecule has 0 spiro atoms. The molecule has 0 saturated heterocycles. The number of rotatable bonds is 8. The Morgan fingerprint density at radius 2 is 1.46 bits per heavy atom. The Morgan fingerprint density at radius 3 is 1.88 bits per heavy atom. The van der Waals surface area contributed by atoms with Crippen molar-refractivity contribution in [3.63, 3.8) is 0 Å². The molecule has 7 heteroatoms.